The summed E-state index contributed by atoms with van der Waals surface area (Å²) in [7, 11) is 1.77. The van der Waals surface area contributed by atoms with Gasteiger partial charge in [-0.2, -0.15) is 0 Å². The predicted molar refractivity (Wildman–Crippen MR) is 54.7 cm³/mol. The molecule has 1 aliphatic rings. The van der Waals surface area contributed by atoms with Crippen LogP contribution in [0.25, 0.3) is 0 Å². The van der Waals surface area contributed by atoms with Gasteiger partial charge in [0.05, 0.1) is 5.60 Å². The van der Waals surface area contributed by atoms with Crippen molar-refractivity contribution in [2.75, 3.05) is 20.2 Å². The summed E-state index contributed by atoms with van der Waals surface area (Å²) in [6.45, 7) is 8.58. The Balaban J connectivity index is 2.29. The number of methoxy groups -OCH3 is 1. The fourth-order valence-corrected chi connectivity index (χ4v) is 1.83. The fourth-order valence-electron chi connectivity index (χ4n) is 1.83. The van der Waals surface area contributed by atoms with Crippen molar-refractivity contribution in [1.29, 1.82) is 0 Å². The molecule has 0 aromatic carbocycles. The third-order valence-corrected chi connectivity index (χ3v) is 2.90. The van der Waals surface area contributed by atoms with Crippen LogP contribution in [-0.4, -0.2) is 42.8 Å². The van der Waals surface area contributed by atoms with E-state index in [4.69, 9.17) is 10.5 Å². The minimum absolute atomic E-state index is 0.0148. The van der Waals surface area contributed by atoms with E-state index in [2.05, 4.69) is 25.7 Å². The molecular weight excluding hydrogens is 164 g/mol. The molecule has 0 amide bonds. The minimum Gasteiger partial charge on any atom is -0.379 e. The molecular formula is C10H22N2O. The van der Waals surface area contributed by atoms with E-state index in [1.807, 2.05) is 0 Å². The Kier molecular flexibility index (Phi) is 3.33. The zero-order valence-electron chi connectivity index (χ0n) is 9.21. The Morgan fingerprint density at radius 1 is 1.54 bits per heavy atom. The number of ether oxygens (including phenoxy) is 1. The van der Waals surface area contributed by atoms with Crippen LogP contribution in [0.3, 0.4) is 0 Å². The Labute approximate surface area is 81.2 Å². The van der Waals surface area contributed by atoms with Crippen molar-refractivity contribution >= 4 is 0 Å². The van der Waals surface area contributed by atoms with Gasteiger partial charge in [-0.05, 0) is 27.2 Å². The maximum absolute atomic E-state index is 5.73. The normalized spacial score (nSPS) is 22.8. The summed E-state index contributed by atoms with van der Waals surface area (Å²) in [5, 5.41) is 0. The van der Waals surface area contributed by atoms with Crippen molar-refractivity contribution in [2.24, 2.45) is 5.73 Å². The number of nitrogens with zero attached hydrogens (tertiary/aromatic N) is 1. The van der Waals surface area contributed by atoms with Gasteiger partial charge < -0.3 is 10.5 Å². The summed E-state index contributed by atoms with van der Waals surface area (Å²) in [4.78, 5) is 2.41. The highest BCUT2D eigenvalue weighted by Crippen LogP contribution is 2.21. The van der Waals surface area contributed by atoms with E-state index in [0.29, 0.717) is 12.1 Å². The fraction of sp³-hybridized carbons (Fsp3) is 1.00. The van der Waals surface area contributed by atoms with E-state index < -0.39 is 0 Å². The third-order valence-electron chi connectivity index (χ3n) is 2.90. The topological polar surface area (TPSA) is 38.5 Å². The van der Waals surface area contributed by atoms with Gasteiger partial charge in [-0.15, -0.1) is 0 Å². The molecule has 2 N–H and O–H groups in total. The first-order chi connectivity index (χ1) is 5.94. The summed E-state index contributed by atoms with van der Waals surface area (Å²) >= 11 is 0. The summed E-state index contributed by atoms with van der Waals surface area (Å²) in [5.74, 6) is 0. The monoisotopic (exact) mass is 186 g/mol. The van der Waals surface area contributed by atoms with Gasteiger partial charge in [0.1, 0.15) is 0 Å². The van der Waals surface area contributed by atoms with Gasteiger partial charge in [-0.3, -0.25) is 4.90 Å². The molecule has 0 bridgehead atoms. The number of hydrogen-bond donors (Lipinski definition) is 1. The number of likely N-dealkylation sites (tertiary alicyclic amines) is 1. The van der Waals surface area contributed by atoms with Crippen LogP contribution in [0.2, 0.25) is 0 Å². The highest BCUT2D eigenvalue weighted by atomic mass is 16.5. The molecule has 0 aliphatic carbocycles. The Bertz CT molecular complexity index is 164. The number of hydrogen-bond acceptors (Lipinski definition) is 3. The molecule has 0 saturated carbocycles. The van der Waals surface area contributed by atoms with E-state index in [0.717, 1.165) is 19.5 Å². The smallest absolute Gasteiger partial charge is 0.0637 e. The molecule has 0 aromatic rings. The molecule has 1 heterocycles. The maximum atomic E-state index is 5.73. The van der Waals surface area contributed by atoms with Crippen molar-refractivity contribution in [3.05, 3.63) is 0 Å². The third kappa shape index (κ3) is 2.93. The Morgan fingerprint density at radius 2 is 2.08 bits per heavy atom. The van der Waals surface area contributed by atoms with E-state index in [-0.39, 0.29) is 5.60 Å². The second-order valence-corrected chi connectivity index (χ2v) is 4.73. The first-order valence-corrected chi connectivity index (χ1v) is 4.99. The molecule has 3 nitrogen and oxygen atoms in total. The van der Waals surface area contributed by atoms with Crippen LogP contribution in [0.4, 0.5) is 0 Å². The van der Waals surface area contributed by atoms with Crippen LogP contribution in [-0.2, 0) is 4.74 Å². The molecule has 0 radical (unpaired) electrons. The Morgan fingerprint density at radius 3 is 2.46 bits per heavy atom. The van der Waals surface area contributed by atoms with Gasteiger partial charge in [0.2, 0.25) is 0 Å². The zero-order chi connectivity index (χ0) is 10.1. The predicted octanol–water partition coefficient (Wildman–Crippen LogP) is 0.833. The lowest BCUT2D eigenvalue weighted by atomic mass is 9.96. The van der Waals surface area contributed by atoms with Crippen molar-refractivity contribution in [3.63, 3.8) is 0 Å². The number of rotatable bonds is 4. The second kappa shape index (κ2) is 3.95. The van der Waals surface area contributed by atoms with Crippen LogP contribution in [0.15, 0.2) is 0 Å². The highest BCUT2D eigenvalue weighted by molar-refractivity contribution is 4.88. The van der Waals surface area contributed by atoms with Crippen LogP contribution in [0.5, 0.6) is 0 Å². The van der Waals surface area contributed by atoms with E-state index in [1.165, 1.54) is 0 Å². The SMILES string of the molecule is COC(C)(C)CC(C)N1CC(N)C1. The largest absolute Gasteiger partial charge is 0.379 e. The molecule has 78 valence electrons. The molecule has 1 rings (SSSR count). The number of nitrogens with two attached hydrogens (primary N) is 1. The lowest BCUT2D eigenvalue weighted by Crippen LogP contribution is -2.59. The molecule has 1 aliphatic heterocycles. The van der Waals surface area contributed by atoms with Crippen molar-refractivity contribution in [2.45, 2.75) is 44.9 Å². The molecule has 1 saturated heterocycles. The van der Waals surface area contributed by atoms with Crippen LogP contribution in [0, 0.1) is 0 Å². The van der Waals surface area contributed by atoms with Gasteiger partial charge in [0.15, 0.2) is 0 Å². The molecule has 13 heavy (non-hydrogen) atoms. The quantitative estimate of drug-likeness (QED) is 0.707. The summed E-state index contributed by atoms with van der Waals surface area (Å²) in [6, 6.07) is 0.975. The van der Waals surface area contributed by atoms with Crippen molar-refractivity contribution in [3.8, 4) is 0 Å². The average Bonchev–Trinajstić information content (AvgIpc) is 1.98. The first kappa shape index (κ1) is 11.0. The minimum atomic E-state index is -0.0148. The second-order valence-electron chi connectivity index (χ2n) is 4.73. The van der Waals surface area contributed by atoms with Gasteiger partial charge in [-0.25, -0.2) is 0 Å². The van der Waals surface area contributed by atoms with Crippen LogP contribution in [0.1, 0.15) is 27.2 Å². The zero-order valence-corrected chi connectivity index (χ0v) is 9.21. The van der Waals surface area contributed by atoms with Gasteiger partial charge >= 0.3 is 0 Å². The Hall–Kier alpha value is -0.120. The average molecular weight is 186 g/mol. The van der Waals surface area contributed by atoms with Crippen molar-refractivity contribution < 1.29 is 4.74 Å². The van der Waals surface area contributed by atoms with Gasteiger partial charge in [-0.1, -0.05) is 0 Å². The maximum Gasteiger partial charge on any atom is 0.0637 e. The molecule has 1 fully saturated rings. The molecule has 1 atom stereocenters. The van der Waals surface area contributed by atoms with E-state index in [1.54, 1.807) is 7.11 Å². The van der Waals surface area contributed by atoms with E-state index in [9.17, 15) is 0 Å². The summed E-state index contributed by atoms with van der Waals surface area (Å²) < 4.78 is 5.40. The van der Waals surface area contributed by atoms with Gasteiger partial charge in [0, 0.05) is 32.3 Å². The summed E-state index contributed by atoms with van der Waals surface area (Å²) in [6.07, 6.45) is 1.07. The molecule has 3 heteroatoms. The highest BCUT2D eigenvalue weighted by Gasteiger charge is 2.30. The van der Waals surface area contributed by atoms with Gasteiger partial charge in [0.25, 0.3) is 0 Å². The van der Waals surface area contributed by atoms with E-state index >= 15 is 0 Å². The van der Waals surface area contributed by atoms with Crippen LogP contribution < -0.4 is 5.73 Å². The standard InChI is InChI=1S/C10H22N2O/c1-8(5-10(2,3)13-4)12-6-9(11)7-12/h8-9H,5-7,11H2,1-4H3. The van der Waals surface area contributed by atoms with Crippen molar-refractivity contribution in [1.82, 2.24) is 4.90 Å². The lowest BCUT2D eigenvalue weighted by molar-refractivity contribution is -0.0184. The summed E-state index contributed by atoms with van der Waals surface area (Å²) in [5.41, 5.74) is 5.72. The lowest BCUT2D eigenvalue weighted by Gasteiger charge is -2.43. The van der Waals surface area contributed by atoms with Crippen LogP contribution >= 0.6 is 0 Å². The molecule has 0 aromatic heterocycles. The first-order valence-electron chi connectivity index (χ1n) is 4.99. The molecule has 1 unspecified atom stereocenters. The molecule has 0 spiro atoms.